The molecule has 160 valence electrons. The largest absolute Gasteiger partial charge is 0.338 e. The molecule has 1 heterocycles. The molecule has 1 aliphatic carbocycles. The average molecular weight is 438 g/mol. The lowest BCUT2D eigenvalue weighted by atomic mass is 9.95. The summed E-state index contributed by atoms with van der Waals surface area (Å²) in [6.07, 6.45) is -0.0515. The topological polar surface area (TPSA) is 66.5 Å². The van der Waals surface area contributed by atoms with Crippen LogP contribution in [0.15, 0.2) is 42.5 Å². The van der Waals surface area contributed by atoms with Gasteiger partial charge in [0.1, 0.15) is 17.8 Å². The lowest BCUT2D eigenvalue weighted by Crippen LogP contribution is -2.41. The second-order valence-electron chi connectivity index (χ2n) is 7.89. The average Bonchev–Trinajstić information content (AvgIpc) is 3.38. The predicted molar refractivity (Wildman–Crippen MR) is 106 cm³/mol. The van der Waals surface area contributed by atoms with Gasteiger partial charge in [0.05, 0.1) is 24.4 Å². The molecule has 1 saturated heterocycles. The number of nitrogens with zero attached hydrogens (tertiary/aromatic N) is 1. The maximum atomic E-state index is 14.3. The standard InChI is InChI=1S/C21H21F3N2O3S/c1-30(28,29)25-19-11-26(10-18(19)24)21(27)15-9-14(15)12-5-2-3-6-13(12)20-16(22)7-4-8-17(20)23/h2-8,14-15,18-19,25H,9-11H2,1H3/t14-,15+,18+,19+/m0/s1. The number of nitrogens with one attached hydrogen (secondary N) is 1. The molecule has 1 saturated carbocycles. The van der Waals surface area contributed by atoms with E-state index >= 15 is 0 Å². The van der Waals surface area contributed by atoms with E-state index in [0.717, 1.165) is 6.26 Å². The Hall–Kier alpha value is -2.39. The highest BCUT2D eigenvalue weighted by Gasteiger charge is 2.49. The quantitative estimate of drug-likeness (QED) is 0.781. The predicted octanol–water partition coefficient (Wildman–Crippen LogP) is 2.83. The van der Waals surface area contributed by atoms with E-state index in [1.165, 1.54) is 23.1 Å². The third kappa shape index (κ3) is 4.09. The first-order valence-corrected chi connectivity index (χ1v) is 11.5. The number of amides is 1. The molecule has 1 N–H and O–H groups in total. The number of benzene rings is 2. The van der Waals surface area contributed by atoms with E-state index < -0.39 is 39.8 Å². The number of hydrogen-bond donors (Lipinski definition) is 1. The molecule has 2 aromatic carbocycles. The minimum Gasteiger partial charge on any atom is -0.338 e. The van der Waals surface area contributed by atoms with Crippen molar-refractivity contribution in [3.8, 4) is 11.1 Å². The fourth-order valence-corrected chi connectivity index (χ4v) is 4.95. The van der Waals surface area contributed by atoms with Gasteiger partial charge in [-0.2, -0.15) is 0 Å². The Labute approximate surface area is 172 Å². The summed E-state index contributed by atoms with van der Waals surface area (Å²) in [7, 11) is -3.59. The van der Waals surface area contributed by atoms with E-state index in [1.54, 1.807) is 24.3 Å². The number of carbonyl (C=O) groups excluding carboxylic acids is 1. The van der Waals surface area contributed by atoms with Gasteiger partial charge >= 0.3 is 0 Å². The van der Waals surface area contributed by atoms with Crippen LogP contribution >= 0.6 is 0 Å². The van der Waals surface area contributed by atoms with Gasteiger partial charge in [-0.25, -0.2) is 26.3 Å². The van der Waals surface area contributed by atoms with Crippen molar-refractivity contribution in [1.29, 1.82) is 0 Å². The maximum absolute atomic E-state index is 14.3. The molecule has 0 bridgehead atoms. The highest BCUT2D eigenvalue weighted by atomic mass is 32.2. The van der Waals surface area contributed by atoms with Crippen LogP contribution < -0.4 is 4.72 Å². The van der Waals surface area contributed by atoms with Crippen molar-refractivity contribution in [1.82, 2.24) is 9.62 Å². The van der Waals surface area contributed by atoms with Gasteiger partial charge in [0.25, 0.3) is 0 Å². The van der Waals surface area contributed by atoms with Gasteiger partial charge in [-0.05, 0) is 35.6 Å². The maximum Gasteiger partial charge on any atom is 0.226 e. The van der Waals surface area contributed by atoms with Crippen LogP contribution in [0.2, 0.25) is 0 Å². The molecular formula is C21H21F3N2O3S. The monoisotopic (exact) mass is 438 g/mol. The van der Waals surface area contributed by atoms with Crippen molar-refractivity contribution in [2.24, 2.45) is 5.92 Å². The van der Waals surface area contributed by atoms with Crippen LogP contribution in [-0.4, -0.2) is 50.8 Å². The third-order valence-corrected chi connectivity index (χ3v) is 6.36. The summed E-state index contributed by atoms with van der Waals surface area (Å²) in [5, 5.41) is 0. The number of sulfonamides is 1. The summed E-state index contributed by atoms with van der Waals surface area (Å²) >= 11 is 0. The number of rotatable bonds is 5. The van der Waals surface area contributed by atoms with Crippen LogP contribution in [0.25, 0.3) is 11.1 Å². The van der Waals surface area contributed by atoms with Crippen molar-refractivity contribution in [3.05, 3.63) is 59.7 Å². The van der Waals surface area contributed by atoms with Gasteiger partial charge in [0.15, 0.2) is 0 Å². The molecule has 0 spiro atoms. The minimum absolute atomic E-state index is 0.0418. The Kier molecular flexibility index (Phi) is 5.36. The molecule has 9 heteroatoms. The molecule has 5 nitrogen and oxygen atoms in total. The van der Waals surface area contributed by atoms with E-state index in [2.05, 4.69) is 4.72 Å². The zero-order valence-corrected chi connectivity index (χ0v) is 17.0. The third-order valence-electron chi connectivity index (χ3n) is 5.63. The van der Waals surface area contributed by atoms with Crippen molar-refractivity contribution >= 4 is 15.9 Å². The summed E-state index contributed by atoms with van der Waals surface area (Å²) in [6.45, 7) is -0.224. The molecule has 0 unspecified atom stereocenters. The highest BCUT2D eigenvalue weighted by molar-refractivity contribution is 7.88. The van der Waals surface area contributed by atoms with E-state index in [9.17, 15) is 26.4 Å². The van der Waals surface area contributed by atoms with Gasteiger partial charge < -0.3 is 4.90 Å². The molecule has 1 aliphatic heterocycles. The number of halogens is 3. The van der Waals surface area contributed by atoms with Crippen molar-refractivity contribution in [2.75, 3.05) is 19.3 Å². The molecule has 2 aromatic rings. The van der Waals surface area contributed by atoms with Gasteiger partial charge in [0.2, 0.25) is 15.9 Å². The van der Waals surface area contributed by atoms with E-state index in [4.69, 9.17) is 0 Å². The van der Waals surface area contributed by atoms with Gasteiger partial charge in [-0.15, -0.1) is 0 Å². The van der Waals surface area contributed by atoms with Crippen LogP contribution in [0.5, 0.6) is 0 Å². The number of carbonyl (C=O) groups is 1. The Morgan fingerprint density at radius 1 is 1.07 bits per heavy atom. The van der Waals surface area contributed by atoms with Crippen molar-refractivity contribution in [3.63, 3.8) is 0 Å². The summed E-state index contributed by atoms with van der Waals surface area (Å²) in [4.78, 5) is 14.2. The van der Waals surface area contributed by atoms with Crippen molar-refractivity contribution in [2.45, 2.75) is 24.6 Å². The summed E-state index contributed by atoms with van der Waals surface area (Å²) < 4.78 is 67.8. The Morgan fingerprint density at radius 2 is 1.73 bits per heavy atom. The second kappa shape index (κ2) is 7.70. The number of alkyl halides is 1. The summed E-state index contributed by atoms with van der Waals surface area (Å²) in [5.41, 5.74) is 0.935. The fourth-order valence-electron chi connectivity index (χ4n) is 4.18. The smallest absolute Gasteiger partial charge is 0.226 e. The van der Waals surface area contributed by atoms with Gasteiger partial charge in [-0.3, -0.25) is 4.79 Å². The molecule has 2 aliphatic rings. The van der Waals surface area contributed by atoms with Crippen LogP contribution in [0.1, 0.15) is 17.9 Å². The molecule has 0 radical (unpaired) electrons. The SMILES string of the molecule is CS(=O)(=O)N[C@@H]1CN(C(=O)[C@@H]2C[C@H]2c2ccccc2-c2c(F)cccc2F)C[C@H]1F. The summed E-state index contributed by atoms with van der Waals surface area (Å²) in [5.74, 6) is -2.29. The van der Waals surface area contributed by atoms with Crippen LogP contribution in [0.4, 0.5) is 13.2 Å². The van der Waals surface area contributed by atoms with Crippen LogP contribution in [0.3, 0.4) is 0 Å². The van der Waals surface area contributed by atoms with Gasteiger partial charge in [0, 0.05) is 12.5 Å². The molecular weight excluding hydrogens is 417 g/mol. The van der Waals surface area contributed by atoms with E-state index in [-0.39, 0.29) is 30.5 Å². The fraction of sp³-hybridized carbons (Fsp3) is 0.381. The number of likely N-dealkylation sites (tertiary alicyclic amines) is 1. The number of hydrogen-bond acceptors (Lipinski definition) is 3. The zero-order valence-electron chi connectivity index (χ0n) is 16.2. The molecule has 0 aromatic heterocycles. The first-order chi connectivity index (χ1) is 14.2. The second-order valence-corrected chi connectivity index (χ2v) is 9.67. The lowest BCUT2D eigenvalue weighted by molar-refractivity contribution is -0.131. The summed E-state index contributed by atoms with van der Waals surface area (Å²) in [6, 6.07) is 9.49. The van der Waals surface area contributed by atoms with Crippen LogP contribution in [-0.2, 0) is 14.8 Å². The zero-order chi connectivity index (χ0) is 21.6. The first-order valence-electron chi connectivity index (χ1n) is 9.59. The Balaban J connectivity index is 1.53. The Morgan fingerprint density at radius 3 is 2.40 bits per heavy atom. The molecule has 30 heavy (non-hydrogen) atoms. The molecule has 2 fully saturated rings. The lowest BCUT2D eigenvalue weighted by Gasteiger charge is -2.17. The van der Waals surface area contributed by atoms with E-state index in [0.29, 0.717) is 17.5 Å². The van der Waals surface area contributed by atoms with Crippen LogP contribution in [0, 0.1) is 17.6 Å². The molecule has 4 atom stereocenters. The Bertz CT molecular complexity index is 1070. The van der Waals surface area contributed by atoms with Gasteiger partial charge in [-0.1, -0.05) is 30.3 Å². The molecule has 1 amide bonds. The van der Waals surface area contributed by atoms with E-state index in [1.807, 2.05) is 0 Å². The minimum atomic E-state index is -3.59. The molecule has 4 rings (SSSR count). The first kappa shape index (κ1) is 20.9. The van der Waals surface area contributed by atoms with Crippen molar-refractivity contribution < 1.29 is 26.4 Å². The normalized spacial score (nSPS) is 26.1. The highest BCUT2D eigenvalue weighted by Crippen LogP contribution is 2.51.